The zero-order valence-electron chi connectivity index (χ0n) is 22.2. The summed E-state index contributed by atoms with van der Waals surface area (Å²) in [5.74, 6) is 1.97. The van der Waals surface area contributed by atoms with Crippen LogP contribution in [0, 0.1) is 0 Å². The summed E-state index contributed by atoms with van der Waals surface area (Å²) in [6.45, 7) is 9.14. The molecule has 0 fully saturated rings. The molecule has 0 unspecified atom stereocenters. The summed E-state index contributed by atoms with van der Waals surface area (Å²) in [5, 5.41) is 0. The van der Waals surface area contributed by atoms with Crippen LogP contribution >= 0.6 is 0 Å². The van der Waals surface area contributed by atoms with Crippen LogP contribution in [0.4, 0.5) is 34.4 Å². The molecule has 2 aliphatic heterocycles. The van der Waals surface area contributed by atoms with E-state index in [9.17, 15) is 0 Å². The highest BCUT2D eigenvalue weighted by Crippen LogP contribution is 2.53. The molecular weight excluding hydrogens is 464 g/mol. The Morgan fingerprint density at radius 1 is 0.447 bits per heavy atom. The average Bonchev–Trinajstić information content (AvgIpc) is 2.94. The molecule has 0 atom stereocenters. The van der Waals surface area contributed by atoms with Crippen LogP contribution in [0.1, 0.15) is 49.9 Å². The SMILES string of the molecule is CC1(C)c2ccccc2N(c2ccc(N3c4ccccc4C(C)(C)c4cccnc43)cc2)c2ncccc21. The summed E-state index contributed by atoms with van der Waals surface area (Å²) < 4.78 is 0. The first-order valence-corrected chi connectivity index (χ1v) is 13.2. The number of anilines is 6. The Bertz CT molecular complexity index is 1460. The molecule has 0 spiro atoms. The van der Waals surface area contributed by atoms with Crippen molar-refractivity contribution in [3.8, 4) is 0 Å². The van der Waals surface area contributed by atoms with Gasteiger partial charge in [0.05, 0.1) is 11.4 Å². The van der Waals surface area contributed by atoms with Crippen LogP contribution < -0.4 is 9.80 Å². The van der Waals surface area contributed by atoms with Crippen molar-refractivity contribution in [3.05, 3.63) is 132 Å². The van der Waals surface area contributed by atoms with Crippen LogP contribution in [-0.4, -0.2) is 9.97 Å². The number of aromatic nitrogens is 2. The van der Waals surface area contributed by atoms with Gasteiger partial charge in [-0.1, -0.05) is 76.2 Å². The first kappa shape index (κ1) is 22.7. The van der Waals surface area contributed by atoms with Crippen molar-refractivity contribution < 1.29 is 0 Å². The second-order valence-corrected chi connectivity index (χ2v) is 11.2. The van der Waals surface area contributed by atoms with Crippen LogP contribution in [0.5, 0.6) is 0 Å². The molecule has 0 bridgehead atoms. The Kier molecular flexibility index (Phi) is 4.80. The molecule has 0 saturated heterocycles. The van der Waals surface area contributed by atoms with Crippen molar-refractivity contribution in [3.63, 3.8) is 0 Å². The summed E-state index contributed by atoms with van der Waals surface area (Å²) in [6.07, 6.45) is 3.78. The second kappa shape index (κ2) is 8.03. The van der Waals surface area contributed by atoms with E-state index in [1.807, 2.05) is 24.5 Å². The van der Waals surface area contributed by atoms with Crippen LogP contribution in [0.15, 0.2) is 109 Å². The van der Waals surface area contributed by atoms with Crippen molar-refractivity contribution in [2.75, 3.05) is 9.80 Å². The highest BCUT2D eigenvalue weighted by atomic mass is 15.2. The highest BCUT2D eigenvalue weighted by molar-refractivity contribution is 5.87. The number of fused-ring (bicyclic) bond motifs is 4. The number of benzene rings is 3. The molecular formula is C34H30N4. The predicted octanol–water partition coefficient (Wildman–Crippen LogP) is 8.69. The van der Waals surface area contributed by atoms with Gasteiger partial charge in [0.15, 0.2) is 0 Å². The number of hydrogen-bond acceptors (Lipinski definition) is 4. The van der Waals surface area contributed by atoms with E-state index >= 15 is 0 Å². The van der Waals surface area contributed by atoms with Gasteiger partial charge in [0, 0.05) is 45.7 Å². The van der Waals surface area contributed by atoms with Crippen LogP contribution in [0.25, 0.3) is 0 Å². The molecule has 4 heteroatoms. The van der Waals surface area contributed by atoms with Gasteiger partial charge in [-0.2, -0.15) is 0 Å². The second-order valence-electron chi connectivity index (χ2n) is 11.2. The van der Waals surface area contributed by atoms with Gasteiger partial charge in [-0.05, 0) is 59.7 Å². The maximum atomic E-state index is 4.86. The number of hydrogen-bond donors (Lipinski definition) is 0. The van der Waals surface area contributed by atoms with E-state index in [0.717, 1.165) is 23.0 Å². The smallest absolute Gasteiger partial charge is 0.141 e. The normalized spacial score (nSPS) is 16.2. The average molecular weight is 495 g/mol. The minimum atomic E-state index is -0.129. The number of nitrogens with zero attached hydrogens (tertiary/aromatic N) is 4. The molecule has 4 heterocycles. The third-order valence-corrected chi connectivity index (χ3v) is 8.35. The lowest BCUT2D eigenvalue weighted by Crippen LogP contribution is -2.31. The molecule has 2 aromatic heterocycles. The van der Waals surface area contributed by atoms with Crippen molar-refractivity contribution in [2.45, 2.75) is 38.5 Å². The molecule has 0 amide bonds. The summed E-state index contributed by atoms with van der Waals surface area (Å²) >= 11 is 0. The minimum absolute atomic E-state index is 0.129. The third kappa shape index (κ3) is 3.10. The Hall–Kier alpha value is -4.44. The summed E-state index contributed by atoms with van der Waals surface area (Å²) in [4.78, 5) is 14.3. The van der Waals surface area contributed by atoms with Gasteiger partial charge in [-0.15, -0.1) is 0 Å². The molecule has 7 rings (SSSR count). The van der Waals surface area contributed by atoms with Crippen LogP contribution in [-0.2, 0) is 10.8 Å². The summed E-state index contributed by atoms with van der Waals surface area (Å²) in [6, 6.07) is 34.6. The Labute approximate surface area is 224 Å². The standard InChI is InChI=1S/C34H30N4/c1-33(2)25-11-5-7-15-29(25)37(31-27(33)13-9-21-35-31)23-17-19-24(20-18-23)38-30-16-8-6-12-26(30)34(3,4)28-14-10-22-36-32(28)38/h5-22H,1-4H3. The highest BCUT2D eigenvalue weighted by Gasteiger charge is 2.39. The number of rotatable bonds is 2. The fraction of sp³-hybridized carbons (Fsp3) is 0.176. The quantitative estimate of drug-likeness (QED) is 0.246. The van der Waals surface area contributed by atoms with Crippen LogP contribution in [0.2, 0.25) is 0 Å². The van der Waals surface area contributed by atoms with Crippen molar-refractivity contribution >= 4 is 34.4 Å². The van der Waals surface area contributed by atoms with Gasteiger partial charge in [0.1, 0.15) is 11.6 Å². The molecule has 3 aromatic carbocycles. The van der Waals surface area contributed by atoms with E-state index < -0.39 is 0 Å². The van der Waals surface area contributed by atoms with E-state index in [-0.39, 0.29) is 10.8 Å². The fourth-order valence-corrected chi connectivity index (χ4v) is 6.31. The predicted molar refractivity (Wildman–Crippen MR) is 156 cm³/mol. The Morgan fingerprint density at radius 2 is 0.816 bits per heavy atom. The van der Waals surface area contributed by atoms with Gasteiger partial charge in [0.25, 0.3) is 0 Å². The first-order chi connectivity index (χ1) is 18.4. The molecule has 5 aromatic rings. The zero-order valence-corrected chi connectivity index (χ0v) is 22.2. The molecule has 4 nitrogen and oxygen atoms in total. The maximum absolute atomic E-state index is 4.86. The van der Waals surface area contributed by atoms with E-state index in [1.54, 1.807) is 0 Å². The van der Waals surface area contributed by atoms with Crippen LogP contribution in [0.3, 0.4) is 0 Å². The van der Waals surface area contributed by atoms with Crippen molar-refractivity contribution in [1.29, 1.82) is 0 Å². The van der Waals surface area contributed by atoms with E-state index in [4.69, 9.17) is 9.97 Å². The molecule has 0 saturated carbocycles. The van der Waals surface area contributed by atoms with Gasteiger partial charge in [-0.25, -0.2) is 9.97 Å². The summed E-state index contributed by atoms with van der Waals surface area (Å²) in [7, 11) is 0. The third-order valence-electron chi connectivity index (χ3n) is 8.35. The minimum Gasteiger partial charge on any atom is -0.294 e. The molecule has 186 valence electrons. The lowest BCUT2D eigenvalue weighted by atomic mass is 9.74. The van der Waals surface area contributed by atoms with E-state index in [2.05, 4.69) is 122 Å². The topological polar surface area (TPSA) is 32.3 Å². The molecule has 0 aliphatic carbocycles. The zero-order chi connectivity index (χ0) is 26.1. The molecule has 0 radical (unpaired) electrons. The number of pyridine rings is 2. The number of para-hydroxylation sites is 2. The maximum Gasteiger partial charge on any atom is 0.141 e. The Morgan fingerprint density at radius 3 is 1.24 bits per heavy atom. The first-order valence-electron chi connectivity index (χ1n) is 13.2. The fourth-order valence-electron chi connectivity index (χ4n) is 6.31. The monoisotopic (exact) mass is 494 g/mol. The van der Waals surface area contributed by atoms with Gasteiger partial charge in [-0.3, -0.25) is 9.80 Å². The van der Waals surface area contributed by atoms with Gasteiger partial charge < -0.3 is 0 Å². The lowest BCUT2D eigenvalue weighted by Gasteiger charge is -2.42. The Balaban J connectivity index is 1.37. The van der Waals surface area contributed by atoms with E-state index in [1.165, 1.54) is 33.6 Å². The molecule has 0 N–H and O–H groups in total. The summed E-state index contributed by atoms with van der Waals surface area (Å²) in [5.41, 5.74) is 9.33. The molecule has 2 aliphatic rings. The largest absolute Gasteiger partial charge is 0.294 e. The van der Waals surface area contributed by atoms with Gasteiger partial charge >= 0.3 is 0 Å². The van der Waals surface area contributed by atoms with Gasteiger partial charge in [0.2, 0.25) is 0 Å². The molecule has 38 heavy (non-hydrogen) atoms. The van der Waals surface area contributed by atoms with Crippen molar-refractivity contribution in [2.24, 2.45) is 0 Å². The van der Waals surface area contributed by atoms with E-state index in [0.29, 0.717) is 0 Å². The lowest BCUT2D eigenvalue weighted by molar-refractivity contribution is 0.627. The van der Waals surface area contributed by atoms with Crippen molar-refractivity contribution in [1.82, 2.24) is 9.97 Å².